The molecule has 2 saturated heterocycles. The summed E-state index contributed by atoms with van der Waals surface area (Å²) in [5.41, 5.74) is 0. The van der Waals surface area contributed by atoms with Gasteiger partial charge < -0.3 is 10.2 Å². The second kappa shape index (κ2) is 5.04. The van der Waals surface area contributed by atoms with E-state index in [0.717, 1.165) is 26.1 Å². The van der Waals surface area contributed by atoms with Gasteiger partial charge in [-0.2, -0.15) is 0 Å². The van der Waals surface area contributed by atoms with Gasteiger partial charge in [0.05, 0.1) is 0 Å². The molecule has 4 nitrogen and oxygen atoms in total. The Labute approximate surface area is 98.0 Å². The van der Waals surface area contributed by atoms with Crippen molar-refractivity contribution in [2.75, 3.05) is 26.2 Å². The maximum Gasteiger partial charge on any atom is 0.317 e. The van der Waals surface area contributed by atoms with Crippen LogP contribution in [-0.2, 0) is 0 Å². The molecule has 0 spiro atoms. The summed E-state index contributed by atoms with van der Waals surface area (Å²) in [4.78, 5) is 16.3. The molecular formula is C12H23N3O. The average molecular weight is 225 g/mol. The first-order valence-corrected chi connectivity index (χ1v) is 6.55. The van der Waals surface area contributed by atoms with Gasteiger partial charge in [0, 0.05) is 31.7 Å². The lowest BCUT2D eigenvalue weighted by molar-refractivity contribution is 0.195. The normalized spacial score (nSPS) is 29.1. The molecule has 0 radical (unpaired) electrons. The molecule has 0 aliphatic carbocycles. The summed E-state index contributed by atoms with van der Waals surface area (Å²) in [5.74, 6) is 0. The molecule has 0 aromatic rings. The standard InChI is InChI=1S/C12H23N3O/c1-3-14(4-2)12(16)13-10-7-9-15-8-5-6-11(10)15/h10-11H,3-9H2,1-2H3,(H,13,16). The van der Waals surface area contributed by atoms with Crippen LogP contribution in [0.5, 0.6) is 0 Å². The van der Waals surface area contributed by atoms with E-state index in [1.807, 2.05) is 18.7 Å². The maximum absolute atomic E-state index is 11.9. The molecule has 2 fully saturated rings. The average Bonchev–Trinajstić information content (AvgIpc) is 2.85. The van der Waals surface area contributed by atoms with Crippen molar-refractivity contribution >= 4 is 6.03 Å². The second-order valence-electron chi connectivity index (χ2n) is 4.76. The molecule has 2 unspecified atom stereocenters. The van der Waals surface area contributed by atoms with Crippen LogP contribution in [0.1, 0.15) is 33.1 Å². The summed E-state index contributed by atoms with van der Waals surface area (Å²) in [6.07, 6.45) is 3.67. The van der Waals surface area contributed by atoms with Gasteiger partial charge in [0.15, 0.2) is 0 Å². The Morgan fingerprint density at radius 2 is 2.06 bits per heavy atom. The summed E-state index contributed by atoms with van der Waals surface area (Å²) >= 11 is 0. The van der Waals surface area contributed by atoms with Gasteiger partial charge in [0.25, 0.3) is 0 Å². The van der Waals surface area contributed by atoms with Crippen LogP contribution in [0.2, 0.25) is 0 Å². The lowest BCUT2D eigenvalue weighted by Crippen LogP contribution is -2.48. The van der Waals surface area contributed by atoms with Crippen molar-refractivity contribution in [3.05, 3.63) is 0 Å². The van der Waals surface area contributed by atoms with Gasteiger partial charge in [-0.3, -0.25) is 4.90 Å². The van der Waals surface area contributed by atoms with Crippen LogP contribution in [0.15, 0.2) is 0 Å². The summed E-state index contributed by atoms with van der Waals surface area (Å²) < 4.78 is 0. The van der Waals surface area contributed by atoms with E-state index in [1.165, 1.54) is 19.4 Å². The van der Waals surface area contributed by atoms with Crippen LogP contribution in [0.25, 0.3) is 0 Å². The van der Waals surface area contributed by atoms with Crippen molar-refractivity contribution in [2.24, 2.45) is 0 Å². The zero-order valence-corrected chi connectivity index (χ0v) is 10.4. The molecule has 1 N–H and O–H groups in total. The molecule has 2 heterocycles. The first kappa shape index (κ1) is 11.7. The van der Waals surface area contributed by atoms with Crippen molar-refractivity contribution in [3.63, 3.8) is 0 Å². The Kier molecular flexibility index (Phi) is 3.69. The largest absolute Gasteiger partial charge is 0.334 e. The minimum absolute atomic E-state index is 0.115. The predicted octanol–water partition coefficient (Wildman–Crippen LogP) is 1.27. The lowest BCUT2D eigenvalue weighted by atomic mass is 10.1. The molecule has 2 aliphatic heterocycles. The van der Waals surface area contributed by atoms with Crippen molar-refractivity contribution in [2.45, 2.75) is 45.2 Å². The third kappa shape index (κ3) is 2.17. The van der Waals surface area contributed by atoms with Crippen molar-refractivity contribution in [1.82, 2.24) is 15.1 Å². The van der Waals surface area contributed by atoms with Crippen LogP contribution < -0.4 is 5.32 Å². The highest BCUT2D eigenvalue weighted by Crippen LogP contribution is 2.27. The summed E-state index contributed by atoms with van der Waals surface area (Å²) in [6.45, 7) is 8.03. The maximum atomic E-state index is 11.9. The van der Waals surface area contributed by atoms with E-state index in [0.29, 0.717) is 12.1 Å². The minimum Gasteiger partial charge on any atom is -0.334 e. The van der Waals surface area contributed by atoms with Crippen LogP contribution >= 0.6 is 0 Å². The van der Waals surface area contributed by atoms with E-state index in [-0.39, 0.29) is 6.03 Å². The molecule has 0 bridgehead atoms. The van der Waals surface area contributed by atoms with Crippen LogP contribution in [-0.4, -0.2) is 54.1 Å². The number of fused-ring (bicyclic) bond motifs is 1. The monoisotopic (exact) mass is 225 g/mol. The molecule has 2 aliphatic rings. The summed E-state index contributed by atoms with van der Waals surface area (Å²) in [6, 6.07) is 1.11. The number of carbonyl (C=O) groups is 1. The topological polar surface area (TPSA) is 35.6 Å². The highest BCUT2D eigenvalue weighted by atomic mass is 16.2. The fraction of sp³-hybridized carbons (Fsp3) is 0.917. The zero-order chi connectivity index (χ0) is 11.5. The molecule has 2 atom stereocenters. The van der Waals surface area contributed by atoms with E-state index in [4.69, 9.17) is 0 Å². The van der Waals surface area contributed by atoms with E-state index in [1.54, 1.807) is 0 Å². The van der Waals surface area contributed by atoms with Gasteiger partial charge in [0.2, 0.25) is 0 Å². The van der Waals surface area contributed by atoms with Gasteiger partial charge in [-0.25, -0.2) is 4.79 Å². The van der Waals surface area contributed by atoms with E-state index >= 15 is 0 Å². The van der Waals surface area contributed by atoms with Gasteiger partial charge in [0.1, 0.15) is 0 Å². The van der Waals surface area contributed by atoms with Crippen molar-refractivity contribution < 1.29 is 4.79 Å². The number of hydrogen-bond donors (Lipinski definition) is 1. The Bertz CT molecular complexity index is 253. The van der Waals surface area contributed by atoms with Gasteiger partial charge in [-0.1, -0.05) is 0 Å². The Hall–Kier alpha value is -0.770. The highest BCUT2D eigenvalue weighted by Gasteiger charge is 2.38. The molecular weight excluding hydrogens is 202 g/mol. The number of nitrogens with one attached hydrogen (secondary N) is 1. The van der Waals surface area contributed by atoms with Gasteiger partial charge >= 0.3 is 6.03 Å². The smallest absolute Gasteiger partial charge is 0.317 e. The van der Waals surface area contributed by atoms with Gasteiger partial charge in [-0.05, 0) is 39.7 Å². The van der Waals surface area contributed by atoms with Crippen LogP contribution in [0.4, 0.5) is 4.79 Å². The number of carbonyl (C=O) groups excluding carboxylic acids is 1. The first-order chi connectivity index (χ1) is 7.76. The summed E-state index contributed by atoms with van der Waals surface area (Å²) in [5, 5.41) is 3.20. The Balaban J connectivity index is 1.87. The van der Waals surface area contributed by atoms with E-state index in [2.05, 4.69) is 10.2 Å². The number of rotatable bonds is 3. The van der Waals surface area contributed by atoms with Crippen LogP contribution in [0.3, 0.4) is 0 Å². The van der Waals surface area contributed by atoms with Crippen LogP contribution in [0, 0.1) is 0 Å². The zero-order valence-electron chi connectivity index (χ0n) is 10.4. The number of hydrogen-bond acceptors (Lipinski definition) is 2. The SMILES string of the molecule is CCN(CC)C(=O)NC1CCN2CCCC12. The Morgan fingerprint density at radius 3 is 2.75 bits per heavy atom. The number of nitrogens with zero attached hydrogens (tertiary/aromatic N) is 2. The molecule has 16 heavy (non-hydrogen) atoms. The molecule has 4 heteroatoms. The fourth-order valence-corrected chi connectivity index (χ4v) is 3.01. The van der Waals surface area contributed by atoms with E-state index in [9.17, 15) is 4.79 Å². The predicted molar refractivity (Wildman–Crippen MR) is 64.5 cm³/mol. The quantitative estimate of drug-likeness (QED) is 0.785. The van der Waals surface area contributed by atoms with Crippen molar-refractivity contribution in [3.8, 4) is 0 Å². The second-order valence-corrected chi connectivity index (χ2v) is 4.76. The molecule has 92 valence electrons. The third-order valence-corrected chi connectivity index (χ3v) is 3.97. The molecule has 2 amide bonds. The van der Waals surface area contributed by atoms with Gasteiger partial charge in [-0.15, -0.1) is 0 Å². The third-order valence-electron chi connectivity index (χ3n) is 3.97. The number of urea groups is 1. The molecule has 0 saturated carbocycles. The molecule has 0 aromatic carbocycles. The minimum atomic E-state index is 0.115. The Morgan fingerprint density at radius 1 is 1.31 bits per heavy atom. The highest BCUT2D eigenvalue weighted by molar-refractivity contribution is 5.74. The van der Waals surface area contributed by atoms with Crippen molar-refractivity contribution in [1.29, 1.82) is 0 Å². The van der Waals surface area contributed by atoms with E-state index < -0.39 is 0 Å². The molecule has 2 rings (SSSR count). The fourth-order valence-electron chi connectivity index (χ4n) is 3.01. The first-order valence-electron chi connectivity index (χ1n) is 6.55. The summed E-state index contributed by atoms with van der Waals surface area (Å²) in [7, 11) is 0. The lowest BCUT2D eigenvalue weighted by Gasteiger charge is -2.25. The molecule has 0 aromatic heterocycles. The number of amides is 2.